The van der Waals surface area contributed by atoms with E-state index < -0.39 is 45.8 Å². The van der Waals surface area contributed by atoms with Crippen LogP contribution in [0.25, 0.3) is 0 Å². The molecule has 1 amide bonds. The summed E-state index contributed by atoms with van der Waals surface area (Å²) in [6, 6.07) is 8.56. The number of amides is 1. The van der Waals surface area contributed by atoms with Gasteiger partial charge in [0, 0.05) is 6.07 Å². The van der Waals surface area contributed by atoms with E-state index in [9.17, 15) is 31.1 Å². The first-order valence-electron chi connectivity index (χ1n) is 8.86. The topological polar surface area (TPSA) is 50.4 Å². The lowest BCUT2D eigenvalue weighted by Crippen LogP contribution is -2.35. The van der Waals surface area contributed by atoms with Gasteiger partial charge in [-0.1, -0.05) is 17.7 Å². The maximum atomic E-state index is 14.4. The van der Waals surface area contributed by atoms with Crippen LogP contribution < -0.4 is 15.4 Å². The smallest absolute Gasteiger partial charge is 0.416 e. The number of rotatable bonds is 4. The molecule has 0 saturated heterocycles. The number of hydrogen-bond acceptors (Lipinski definition) is 3. The van der Waals surface area contributed by atoms with Gasteiger partial charge in [-0.15, -0.1) is 0 Å². The van der Waals surface area contributed by atoms with Crippen molar-refractivity contribution in [3.05, 3.63) is 88.2 Å². The molecule has 3 aromatic rings. The van der Waals surface area contributed by atoms with E-state index in [0.29, 0.717) is 6.07 Å². The average molecular weight is 505 g/mol. The highest BCUT2D eigenvalue weighted by molar-refractivity contribution is 7.80. The number of halogens is 7. The Bertz CT molecular complexity index is 1220. The molecule has 0 aromatic heterocycles. The zero-order valence-corrected chi connectivity index (χ0v) is 17.6. The van der Waals surface area contributed by atoms with Crippen LogP contribution in [0.2, 0.25) is 5.02 Å². The summed E-state index contributed by atoms with van der Waals surface area (Å²) in [6.45, 7) is 0. The summed E-state index contributed by atoms with van der Waals surface area (Å²) in [5.74, 6) is -4.54. The summed E-state index contributed by atoms with van der Waals surface area (Å²) in [7, 11) is 0. The summed E-state index contributed by atoms with van der Waals surface area (Å²) >= 11 is 10.7. The van der Waals surface area contributed by atoms with Crippen LogP contribution >= 0.6 is 23.8 Å². The molecule has 0 aliphatic rings. The predicted molar refractivity (Wildman–Crippen MR) is 113 cm³/mol. The van der Waals surface area contributed by atoms with Crippen LogP contribution in [0.5, 0.6) is 11.5 Å². The Kier molecular flexibility index (Phi) is 7.13. The third-order valence-electron chi connectivity index (χ3n) is 4.09. The first-order valence-corrected chi connectivity index (χ1v) is 9.65. The number of benzene rings is 3. The molecule has 2 N–H and O–H groups in total. The van der Waals surface area contributed by atoms with E-state index in [2.05, 4.69) is 5.32 Å². The SMILES string of the molecule is O=C(NC(=S)Nc1ccc(Oc2ccc(C(F)(F)F)cc2Cl)cc1F)c1c(F)cccc1F. The first kappa shape index (κ1) is 24.3. The van der Waals surface area contributed by atoms with E-state index in [1.165, 1.54) is 6.07 Å². The number of ether oxygens (including phenoxy) is 1. The van der Waals surface area contributed by atoms with Crippen molar-refractivity contribution in [2.45, 2.75) is 6.18 Å². The maximum Gasteiger partial charge on any atom is 0.416 e. The fourth-order valence-electron chi connectivity index (χ4n) is 2.58. The predicted octanol–water partition coefficient (Wildman–Crippen LogP) is 6.70. The fraction of sp³-hybridized carbons (Fsp3) is 0.0476. The van der Waals surface area contributed by atoms with Gasteiger partial charge in [-0.3, -0.25) is 10.1 Å². The third kappa shape index (κ3) is 5.93. The van der Waals surface area contributed by atoms with Crippen LogP contribution in [0, 0.1) is 17.5 Å². The second-order valence-corrected chi connectivity index (χ2v) is 7.21. The van der Waals surface area contributed by atoms with Crippen LogP contribution in [0.4, 0.5) is 32.0 Å². The minimum atomic E-state index is -4.59. The molecule has 0 heterocycles. The first-order chi connectivity index (χ1) is 15.5. The monoisotopic (exact) mass is 504 g/mol. The van der Waals surface area contributed by atoms with Gasteiger partial charge in [0.2, 0.25) is 0 Å². The van der Waals surface area contributed by atoms with E-state index in [1.54, 1.807) is 0 Å². The molecular formula is C21H11ClF6N2O2S. The van der Waals surface area contributed by atoms with Gasteiger partial charge in [-0.25, -0.2) is 13.2 Å². The van der Waals surface area contributed by atoms with Gasteiger partial charge < -0.3 is 10.1 Å². The molecule has 33 heavy (non-hydrogen) atoms. The molecule has 3 rings (SSSR count). The molecule has 12 heteroatoms. The van der Waals surface area contributed by atoms with Crippen molar-refractivity contribution in [3.8, 4) is 11.5 Å². The molecule has 3 aromatic carbocycles. The molecule has 4 nitrogen and oxygen atoms in total. The quantitative estimate of drug-likeness (QED) is 0.307. The normalized spacial score (nSPS) is 11.1. The number of anilines is 1. The summed E-state index contributed by atoms with van der Waals surface area (Å²) in [4.78, 5) is 12.0. The number of carbonyl (C=O) groups is 1. The molecule has 0 bridgehead atoms. The van der Waals surface area contributed by atoms with E-state index in [-0.39, 0.29) is 22.2 Å². The van der Waals surface area contributed by atoms with E-state index >= 15 is 0 Å². The van der Waals surface area contributed by atoms with E-state index in [1.807, 2.05) is 5.32 Å². The molecule has 0 radical (unpaired) electrons. The number of nitrogens with one attached hydrogen (secondary N) is 2. The van der Waals surface area contributed by atoms with Crippen molar-refractivity contribution in [2.75, 3.05) is 5.32 Å². The Morgan fingerprint density at radius 1 is 0.939 bits per heavy atom. The van der Waals surface area contributed by atoms with Gasteiger partial charge in [0.15, 0.2) is 5.11 Å². The van der Waals surface area contributed by atoms with Crippen molar-refractivity contribution < 1.29 is 35.9 Å². The standard InChI is InChI=1S/C21H11ClF6N2O2S/c22-12-8-10(21(26,27)28)4-7-17(12)32-11-5-6-16(15(25)9-11)29-20(33)30-19(31)18-13(23)2-1-3-14(18)24/h1-9H,(H2,29,30,31,33). The largest absolute Gasteiger partial charge is 0.456 e. The van der Waals surface area contributed by atoms with Crippen molar-refractivity contribution in [1.29, 1.82) is 0 Å². The Balaban J connectivity index is 1.68. The van der Waals surface area contributed by atoms with Crippen molar-refractivity contribution >= 4 is 40.5 Å². The van der Waals surface area contributed by atoms with Crippen LogP contribution in [0.15, 0.2) is 54.6 Å². The lowest BCUT2D eigenvalue weighted by atomic mass is 10.2. The molecule has 0 fully saturated rings. The average Bonchev–Trinajstić information content (AvgIpc) is 2.70. The summed E-state index contributed by atoms with van der Waals surface area (Å²) in [5.41, 5.74) is -2.06. The Hall–Kier alpha value is -3.31. The Labute approximate surface area is 193 Å². The molecule has 172 valence electrons. The Morgan fingerprint density at radius 2 is 1.61 bits per heavy atom. The van der Waals surface area contributed by atoms with Crippen molar-refractivity contribution in [2.24, 2.45) is 0 Å². The lowest BCUT2D eigenvalue weighted by molar-refractivity contribution is -0.137. The van der Waals surface area contributed by atoms with Gasteiger partial charge in [0.1, 0.15) is 34.5 Å². The Morgan fingerprint density at radius 3 is 2.18 bits per heavy atom. The number of alkyl halides is 3. The number of hydrogen-bond donors (Lipinski definition) is 2. The third-order valence-corrected chi connectivity index (χ3v) is 4.59. The molecule has 0 aliphatic carbocycles. The highest BCUT2D eigenvalue weighted by Crippen LogP contribution is 2.36. The van der Waals surface area contributed by atoms with E-state index in [4.69, 9.17) is 28.6 Å². The highest BCUT2D eigenvalue weighted by atomic mass is 35.5. The van der Waals surface area contributed by atoms with Crippen LogP contribution in [0.3, 0.4) is 0 Å². The zero-order chi connectivity index (χ0) is 24.3. The minimum Gasteiger partial charge on any atom is -0.456 e. The van der Waals surface area contributed by atoms with Gasteiger partial charge >= 0.3 is 6.18 Å². The van der Waals surface area contributed by atoms with Crippen molar-refractivity contribution in [1.82, 2.24) is 5.32 Å². The molecular weight excluding hydrogens is 494 g/mol. The highest BCUT2D eigenvalue weighted by Gasteiger charge is 2.31. The summed E-state index contributed by atoms with van der Waals surface area (Å²) in [5, 5.41) is 3.60. The van der Waals surface area contributed by atoms with Crippen LogP contribution in [-0.4, -0.2) is 11.0 Å². The molecule has 0 atom stereocenters. The maximum absolute atomic E-state index is 14.4. The fourth-order valence-corrected chi connectivity index (χ4v) is 3.00. The summed E-state index contributed by atoms with van der Waals surface area (Å²) in [6.07, 6.45) is -4.59. The minimum absolute atomic E-state index is 0.0944. The molecule has 0 aliphatic heterocycles. The van der Waals surface area contributed by atoms with Gasteiger partial charge in [-0.2, -0.15) is 13.2 Å². The second kappa shape index (κ2) is 9.67. The molecule has 0 spiro atoms. The molecule has 0 unspecified atom stereocenters. The zero-order valence-electron chi connectivity index (χ0n) is 16.1. The van der Waals surface area contributed by atoms with Gasteiger partial charge in [-0.05, 0) is 54.7 Å². The van der Waals surface area contributed by atoms with Crippen LogP contribution in [0.1, 0.15) is 15.9 Å². The van der Waals surface area contributed by atoms with Crippen molar-refractivity contribution in [3.63, 3.8) is 0 Å². The second-order valence-electron chi connectivity index (χ2n) is 6.39. The number of thiocarbonyl (C=S) groups is 1. The van der Waals surface area contributed by atoms with Crippen LogP contribution in [-0.2, 0) is 6.18 Å². The summed E-state index contributed by atoms with van der Waals surface area (Å²) < 4.78 is 85.2. The lowest BCUT2D eigenvalue weighted by Gasteiger charge is -2.13. The molecule has 0 saturated carbocycles. The van der Waals surface area contributed by atoms with Gasteiger partial charge in [0.05, 0.1) is 16.3 Å². The van der Waals surface area contributed by atoms with Gasteiger partial charge in [0.25, 0.3) is 5.91 Å². The number of carbonyl (C=O) groups excluding carboxylic acids is 1. The van der Waals surface area contributed by atoms with E-state index in [0.717, 1.165) is 42.5 Å².